The van der Waals surface area contributed by atoms with Gasteiger partial charge in [-0.1, -0.05) is 13.3 Å². The standard InChI is InChI=1S/C14H21N3O3/c1-3-15-13-8-11(17(18)19)9-14(16-13)20-12-7-5-4-6-10(12)2/h8-10,12H,3-7H2,1-2H3,(H,15,16). The SMILES string of the molecule is CCNc1cc([N+](=O)[O-])cc(OC2CCCCC2C)n1. The number of hydrogen-bond acceptors (Lipinski definition) is 5. The molecule has 0 bridgehead atoms. The molecule has 1 aromatic heterocycles. The molecule has 6 heteroatoms. The number of hydrogen-bond donors (Lipinski definition) is 1. The number of rotatable bonds is 5. The van der Waals surface area contributed by atoms with Gasteiger partial charge in [0, 0.05) is 6.54 Å². The highest BCUT2D eigenvalue weighted by atomic mass is 16.6. The molecule has 0 amide bonds. The molecule has 1 N–H and O–H groups in total. The minimum absolute atomic E-state index is 0.00872. The van der Waals surface area contributed by atoms with Gasteiger partial charge in [-0.2, -0.15) is 4.98 Å². The summed E-state index contributed by atoms with van der Waals surface area (Å²) in [6, 6.07) is 2.84. The predicted octanol–water partition coefficient (Wildman–Crippen LogP) is 3.38. The summed E-state index contributed by atoms with van der Waals surface area (Å²) in [4.78, 5) is 14.8. The van der Waals surface area contributed by atoms with Crippen LogP contribution >= 0.6 is 0 Å². The normalized spacial score (nSPS) is 22.3. The fourth-order valence-electron chi connectivity index (χ4n) is 2.54. The van der Waals surface area contributed by atoms with Crippen molar-refractivity contribution in [2.45, 2.75) is 45.6 Å². The Kier molecular flexibility index (Phi) is 4.76. The lowest BCUT2D eigenvalue weighted by Gasteiger charge is -2.28. The first-order valence-corrected chi connectivity index (χ1v) is 7.17. The van der Waals surface area contributed by atoms with E-state index in [-0.39, 0.29) is 11.8 Å². The second-order valence-electron chi connectivity index (χ2n) is 5.25. The predicted molar refractivity (Wildman–Crippen MR) is 77.1 cm³/mol. The van der Waals surface area contributed by atoms with E-state index in [0.717, 1.165) is 19.3 Å². The zero-order valence-electron chi connectivity index (χ0n) is 12.0. The lowest BCUT2D eigenvalue weighted by atomic mass is 9.88. The van der Waals surface area contributed by atoms with Crippen LogP contribution in [0.2, 0.25) is 0 Å². The second-order valence-corrected chi connectivity index (χ2v) is 5.25. The Bertz CT molecular complexity index is 479. The number of nitro groups is 1. The molecular weight excluding hydrogens is 258 g/mol. The maximum absolute atomic E-state index is 11.0. The Balaban J connectivity index is 2.18. The molecular formula is C14H21N3O3. The minimum Gasteiger partial charge on any atom is -0.474 e. The van der Waals surface area contributed by atoms with Crippen LogP contribution in [0.5, 0.6) is 5.88 Å². The third-order valence-corrected chi connectivity index (χ3v) is 3.66. The second kappa shape index (κ2) is 6.54. The van der Waals surface area contributed by atoms with Gasteiger partial charge in [0.25, 0.3) is 5.69 Å². The Labute approximate surface area is 118 Å². The smallest absolute Gasteiger partial charge is 0.278 e. The first-order valence-electron chi connectivity index (χ1n) is 7.17. The highest BCUT2D eigenvalue weighted by Gasteiger charge is 2.24. The highest BCUT2D eigenvalue weighted by Crippen LogP contribution is 2.29. The zero-order valence-corrected chi connectivity index (χ0v) is 12.0. The molecule has 1 heterocycles. The number of nitrogens with one attached hydrogen (secondary N) is 1. The van der Waals surface area contributed by atoms with E-state index in [4.69, 9.17) is 4.74 Å². The summed E-state index contributed by atoms with van der Waals surface area (Å²) < 4.78 is 5.89. The lowest BCUT2D eigenvalue weighted by molar-refractivity contribution is -0.384. The molecule has 2 rings (SSSR count). The summed E-state index contributed by atoms with van der Waals surface area (Å²) in [5, 5.41) is 14.0. The molecule has 0 spiro atoms. The molecule has 2 unspecified atom stereocenters. The quantitative estimate of drug-likeness (QED) is 0.660. The summed E-state index contributed by atoms with van der Waals surface area (Å²) in [5.41, 5.74) is 0.00872. The van der Waals surface area contributed by atoms with Crippen molar-refractivity contribution in [3.05, 3.63) is 22.2 Å². The van der Waals surface area contributed by atoms with Gasteiger partial charge in [0.1, 0.15) is 11.9 Å². The molecule has 0 radical (unpaired) electrons. The first-order chi connectivity index (χ1) is 9.60. The number of nitrogens with zero attached hydrogens (tertiary/aromatic N) is 2. The van der Waals surface area contributed by atoms with E-state index < -0.39 is 4.92 Å². The molecule has 20 heavy (non-hydrogen) atoms. The van der Waals surface area contributed by atoms with Crippen LogP contribution in [0.15, 0.2) is 12.1 Å². The summed E-state index contributed by atoms with van der Waals surface area (Å²) in [6.07, 6.45) is 4.60. The summed E-state index contributed by atoms with van der Waals surface area (Å²) in [5.74, 6) is 1.29. The van der Waals surface area contributed by atoms with Gasteiger partial charge in [0.15, 0.2) is 0 Å². The number of aromatic nitrogens is 1. The molecule has 110 valence electrons. The van der Waals surface area contributed by atoms with E-state index in [0.29, 0.717) is 24.2 Å². The minimum atomic E-state index is -0.417. The Hall–Kier alpha value is -1.85. The Morgan fingerprint density at radius 3 is 2.85 bits per heavy atom. The van der Waals surface area contributed by atoms with Gasteiger partial charge in [-0.05, 0) is 32.1 Å². The number of pyridine rings is 1. The Morgan fingerprint density at radius 1 is 1.45 bits per heavy atom. The first kappa shape index (κ1) is 14.6. The average molecular weight is 279 g/mol. The lowest BCUT2D eigenvalue weighted by Crippen LogP contribution is -2.28. The van der Waals surface area contributed by atoms with E-state index in [1.165, 1.54) is 18.6 Å². The molecule has 1 fully saturated rings. The van der Waals surface area contributed by atoms with Crippen LogP contribution in [0.25, 0.3) is 0 Å². The van der Waals surface area contributed by atoms with E-state index in [1.54, 1.807) is 0 Å². The highest BCUT2D eigenvalue weighted by molar-refractivity contribution is 5.48. The van der Waals surface area contributed by atoms with Crippen LogP contribution in [-0.4, -0.2) is 22.6 Å². The topological polar surface area (TPSA) is 77.3 Å². The van der Waals surface area contributed by atoms with Crippen molar-refractivity contribution < 1.29 is 9.66 Å². The molecule has 1 aliphatic rings. The number of ether oxygens (including phenoxy) is 1. The van der Waals surface area contributed by atoms with E-state index in [2.05, 4.69) is 17.2 Å². The molecule has 1 aliphatic carbocycles. The third kappa shape index (κ3) is 3.59. The van der Waals surface area contributed by atoms with Crippen molar-refractivity contribution in [2.75, 3.05) is 11.9 Å². The molecule has 0 aliphatic heterocycles. The maximum atomic E-state index is 11.0. The van der Waals surface area contributed by atoms with Crippen molar-refractivity contribution in [1.82, 2.24) is 4.98 Å². The largest absolute Gasteiger partial charge is 0.474 e. The number of anilines is 1. The van der Waals surface area contributed by atoms with Gasteiger partial charge >= 0.3 is 0 Å². The summed E-state index contributed by atoms with van der Waals surface area (Å²) >= 11 is 0. The molecule has 2 atom stereocenters. The van der Waals surface area contributed by atoms with Gasteiger partial charge < -0.3 is 10.1 Å². The van der Waals surface area contributed by atoms with Gasteiger partial charge in [-0.3, -0.25) is 10.1 Å². The van der Waals surface area contributed by atoms with Crippen molar-refractivity contribution in [3.8, 4) is 5.88 Å². The maximum Gasteiger partial charge on any atom is 0.278 e. The van der Waals surface area contributed by atoms with Crippen molar-refractivity contribution in [1.29, 1.82) is 0 Å². The average Bonchev–Trinajstić information content (AvgIpc) is 2.41. The molecule has 0 aromatic carbocycles. The van der Waals surface area contributed by atoms with Gasteiger partial charge in [0.05, 0.1) is 17.1 Å². The van der Waals surface area contributed by atoms with Crippen LogP contribution in [0.1, 0.15) is 39.5 Å². The third-order valence-electron chi connectivity index (χ3n) is 3.66. The molecule has 1 saturated carbocycles. The molecule has 1 aromatic rings. The van der Waals surface area contributed by atoms with Gasteiger partial charge in [-0.15, -0.1) is 0 Å². The van der Waals surface area contributed by atoms with Crippen molar-refractivity contribution >= 4 is 11.5 Å². The van der Waals surface area contributed by atoms with Crippen LogP contribution < -0.4 is 10.1 Å². The van der Waals surface area contributed by atoms with Gasteiger partial charge in [-0.25, -0.2) is 0 Å². The van der Waals surface area contributed by atoms with Crippen molar-refractivity contribution in [2.24, 2.45) is 5.92 Å². The summed E-state index contributed by atoms with van der Waals surface area (Å²) in [7, 11) is 0. The molecule has 0 saturated heterocycles. The van der Waals surface area contributed by atoms with E-state index in [9.17, 15) is 10.1 Å². The van der Waals surface area contributed by atoms with E-state index >= 15 is 0 Å². The van der Waals surface area contributed by atoms with Gasteiger partial charge in [0.2, 0.25) is 5.88 Å². The van der Waals surface area contributed by atoms with Crippen LogP contribution in [0.3, 0.4) is 0 Å². The fourth-order valence-corrected chi connectivity index (χ4v) is 2.54. The van der Waals surface area contributed by atoms with Crippen molar-refractivity contribution in [3.63, 3.8) is 0 Å². The summed E-state index contributed by atoms with van der Waals surface area (Å²) in [6.45, 7) is 4.74. The van der Waals surface area contributed by atoms with Crippen LogP contribution in [0.4, 0.5) is 11.5 Å². The fraction of sp³-hybridized carbons (Fsp3) is 0.643. The molecule has 6 nitrogen and oxygen atoms in total. The van der Waals surface area contributed by atoms with Crippen LogP contribution in [-0.2, 0) is 0 Å². The Morgan fingerprint density at radius 2 is 2.20 bits per heavy atom. The zero-order chi connectivity index (χ0) is 14.5. The van der Waals surface area contributed by atoms with Crippen LogP contribution in [0, 0.1) is 16.0 Å². The van der Waals surface area contributed by atoms with E-state index in [1.807, 2.05) is 6.92 Å². The monoisotopic (exact) mass is 279 g/mol.